The SMILES string of the molecule is Cc1ccc(-c2nc(CC(=O)Nc3ccc(C)c(S(=O)(=O)Nc4ccccc4F)c3)cs2)cc1. The number of rotatable bonds is 7. The number of para-hydroxylation sites is 1. The van der Waals surface area contributed by atoms with Crippen LogP contribution in [0.25, 0.3) is 10.6 Å². The van der Waals surface area contributed by atoms with Crippen molar-refractivity contribution in [3.63, 3.8) is 0 Å². The van der Waals surface area contributed by atoms with Gasteiger partial charge in [0.25, 0.3) is 10.0 Å². The second-order valence-corrected chi connectivity index (χ2v) is 10.3. The number of carbonyl (C=O) groups is 1. The van der Waals surface area contributed by atoms with E-state index in [1.807, 2.05) is 36.6 Å². The Morgan fingerprint density at radius 2 is 1.76 bits per heavy atom. The van der Waals surface area contributed by atoms with E-state index in [-0.39, 0.29) is 22.9 Å². The van der Waals surface area contributed by atoms with Gasteiger partial charge in [0, 0.05) is 16.6 Å². The first-order valence-corrected chi connectivity index (χ1v) is 12.8. The van der Waals surface area contributed by atoms with Crippen molar-refractivity contribution in [2.45, 2.75) is 25.2 Å². The third-order valence-corrected chi connectivity index (χ3v) is 7.52. The zero-order chi connectivity index (χ0) is 24.3. The van der Waals surface area contributed by atoms with Crippen molar-refractivity contribution in [3.8, 4) is 10.6 Å². The molecule has 0 aliphatic rings. The number of hydrogen-bond donors (Lipinski definition) is 2. The first-order chi connectivity index (χ1) is 16.2. The van der Waals surface area contributed by atoms with Crippen LogP contribution in [0, 0.1) is 19.7 Å². The monoisotopic (exact) mass is 495 g/mol. The molecule has 0 radical (unpaired) electrons. The van der Waals surface area contributed by atoms with Gasteiger partial charge in [0.15, 0.2) is 0 Å². The van der Waals surface area contributed by atoms with Crippen molar-refractivity contribution < 1.29 is 17.6 Å². The number of sulfonamides is 1. The highest BCUT2D eigenvalue weighted by atomic mass is 32.2. The first kappa shape index (κ1) is 23.6. The van der Waals surface area contributed by atoms with E-state index in [1.165, 1.54) is 41.7 Å². The topological polar surface area (TPSA) is 88.2 Å². The summed E-state index contributed by atoms with van der Waals surface area (Å²) in [6.07, 6.45) is 0.0474. The second-order valence-electron chi connectivity index (χ2n) is 7.80. The number of nitrogens with one attached hydrogen (secondary N) is 2. The smallest absolute Gasteiger partial charge is 0.262 e. The average Bonchev–Trinajstić information content (AvgIpc) is 3.25. The third-order valence-electron chi connectivity index (χ3n) is 5.07. The molecule has 4 aromatic rings. The van der Waals surface area contributed by atoms with Crippen LogP contribution in [0.15, 0.2) is 77.0 Å². The lowest BCUT2D eigenvalue weighted by Crippen LogP contribution is -2.17. The molecule has 1 aromatic heterocycles. The predicted octanol–water partition coefficient (Wildman–Crippen LogP) is 5.55. The molecule has 0 saturated heterocycles. The minimum Gasteiger partial charge on any atom is -0.326 e. The maximum absolute atomic E-state index is 13.9. The summed E-state index contributed by atoms with van der Waals surface area (Å²) < 4.78 is 41.9. The average molecular weight is 496 g/mol. The molecule has 0 aliphatic carbocycles. The van der Waals surface area contributed by atoms with Crippen LogP contribution in [0.2, 0.25) is 0 Å². The number of nitrogens with zero attached hydrogens (tertiary/aromatic N) is 1. The van der Waals surface area contributed by atoms with Crippen LogP contribution < -0.4 is 10.0 Å². The summed E-state index contributed by atoms with van der Waals surface area (Å²) in [5.41, 5.74) is 3.40. The number of carbonyl (C=O) groups excluding carboxylic acids is 1. The van der Waals surface area contributed by atoms with Gasteiger partial charge in [-0.15, -0.1) is 11.3 Å². The molecular formula is C25H22FN3O3S2. The van der Waals surface area contributed by atoms with E-state index in [0.717, 1.165) is 16.1 Å². The van der Waals surface area contributed by atoms with E-state index >= 15 is 0 Å². The Hall–Kier alpha value is -3.56. The van der Waals surface area contributed by atoms with Crippen LogP contribution in [0.3, 0.4) is 0 Å². The minimum absolute atomic E-state index is 0.0474. The Kier molecular flexibility index (Phi) is 6.76. The number of halogens is 1. The maximum atomic E-state index is 13.9. The van der Waals surface area contributed by atoms with Gasteiger partial charge in [0.1, 0.15) is 10.8 Å². The van der Waals surface area contributed by atoms with Gasteiger partial charge in [0.2, 0.25) is 5.91 Å². The fourth-order valence-corrected chi connectivity index (χ4v) is 5.46. The molecule has 0 fully saturated rings. The van der Waals surface area contributed by atoms with Gasteiger partial charge >= 0.3 is 0 Å². The highest BCUT2D eigenvalue weighted by Gasteiger charge is 2.20. The lowest BCUT2D eigenvalue weighted by Gasteiger charge is -2.13. The minimum atomic E-state index is -4.07. The number of thiazole rings is 1. The van der Waals surface area contributed by atoms with Crippen LogP contribution in [0.5, 0.6) is 0 Å². The summed E-state index contributed by atoms with van der Waals surface area (Å²) in [7, 11) is -4.07. The van der Waals surface area contributed by atoms with Crippen molar-refractivity contribution in [1.82, 2.24) is 4.98 Å². The van der Waals surface area contributed by atoms with E-state index in [0.29, 0.717) is 16.9 Å². The fourth-order valence-electron chi connectivity index (χ4n) is 3.30. The third kappa shape index (κ3) is 5.49. The van der Waals surface area contributed by atoms with E-state index in [2.05, 4.69) is 15.0 Å². The maximum Gasteiger partial charge on any atom is 0.262 e. The highest BCUT2D eigenvalue weighted by molar-refractivity contribution is 7.92. The predicted molar refractivity (Wildman–Crippen MR) is 133 cm³/mol. The first-order valence-electron chi connectivity index (χ1n) is 10.4. The van der Waals surface area contributed by atoms with Gasteiger partial charge in [-0.2, -0.15) is 0 Å². The number of aromatic nitrogens is 1. The molecule has 9 heteroatoms. The van der Waals surface area contributed by atoms with Gasteiger partial charge in [-0.3, -0.25) is 9.52 Å². The number of aryl methyl sites for hydroxylation is 2. The Balaban J connectivity index is 1.47. The number of benzene rings is 3. The summed E-state index contributed by atoms with van der Waals surface area (Å²) in [4.78, 5) is 17.1. The quantitative estimate of drug-likeness (QED) is 0.352. The van der Waals surface area contributed by atoms with Crippen LogP contribution in [0.1, 0.15) is 16.8 Å². The van der Waals surface area contributed by atoms with Crippen LogP contribution in [-0.4, -0.2) is 19.3 Å². The Morgan fingerprint density at radius 3 is 2.50 bits per heavy atom. The van der Waals surface area contributed by atoms with Crippen molar-refractivity contribution >= 4 is 38.6 Å². The van der Waals surface area contributed by atoms with Crippen molar-refractivity contribution in [2.75, 3.05) is 10.0 Å². The van der Waals surface area contributed by atoms with Gasteiger partial charge in [0.05, 0.1) is 22.7 Å². The van der Waals surface area contributed by atoms with E-state index in [9.17, 15) is 17.6 Å². The molecule has 1 heterocycles. The molecule has 0 bridgehead atoms. The van der Waals surface area contributed by atoms with Crippen molar-refractivity contribution in [2.24, 2.45) is 0 Å². The van der Waals surface area contributed by atoms with Gasteiger partial charge in [-0.25, -0.2) is 17.8 Å². The van der Waals surface area contributed by atoms with Crippen molar-refractivity contribution in [3.05, 3.63) is 94.7 Å². The lowest BCUT2D eigenvalue weighted by molar-refractivity contribution is -0.115. The van der Waals surface area contributed by atoms with E-state index in [1.54, 1.807) is 19.1 Å². The Labute approximate surface area is 201 Å². The number of anilines is 2. The largest absolute Gasteiger partial charge is 0.326 e. The van der Waals surface area contributed by atoms with Crippen molar-refractivity contribution in [1.29, 1.82) is 0 Å². The molecule has 0 saturated carbocycles. The normalized spacial score (nSPS) is 11.3. The standard InChI is InChI=1S/C25H22FN3O3S2/c1-16-7-10-18(11-8-16)25-28-20(15-33-25)14-24(30)27-19-12-9-17(2)23(13-19)34(31,32)29-22-6-4-3-5-21(22)26/h3-13,15,29H,14H2,1-2H3,(H,27,30). The molecule has 174 valence electrons. The second kappa shape index (κ2) is 9.74. The summed E-state index contributed by atoms with van der Waals surface area (Å²) in [5.74, 6) is -1.00. The van der Waals surface area contributed by atoms with Gasteiger partial charge < -0.3 is 5.32 Å². The molecule has 2 N–H and O–H groups in total. The molecule has 34 heavy (non-hydrogen) atoms. The molecule has 4 rings (SSSR count). The lowest BCUT2D eigenvalue weighted by atomic mass is 10.2. The fraction of sp³-hybridized carbons (Fsp3) is 0.120. The summed E-state index contributed by atoms with van der Waals surface area (Å²) in [6, 6.07) is 18.1. The van der Waals surface area contributed by atoms with E-state index < -0.39 is 15.8 Å². The zero-order valence-corrected chi connectivity index (χ0v) is 20.1. The van der Waals surface area contributed by atoms with Gasteiger partial charge in [-0.1, -0.05) is 48.0 Å². The van der Waals surface area contributed by atoms with E-state index in [4.69, 9.17) is 0 Å². The Bertz CT molecular complexity index is 1450. The summed E-state index contributed by atoms with van der Waals surface area (Å²) in [5, 5.41) is 5.38. The molecular weight excluding hydrogens is 473 g/mol. The molecule has 6 nitrogen and oxygen atoms in total. The molecule has 0 atom stereocenters. The molecule has 0 spiro atoms. The summed E-state index contributed by atoms with van der Waals surface area (Å²) >= 11 is 1.46. The molecule has 1 amide bonds. The summed E-state index contributed by atoms with van der Waals surface area (Å²) in [6.45, 7) is 3.64. The highest BCUT2D eigenvalue weighted by Crippen LogP contribution is 2.26. The van der Waals surface area contributed by atoms with Crippen LogP contribution in [-0.2, 0) is 21.2 Å². The molecule has 0 unspecified atom stereocenters. The number of amides is 1. The van der Waals surface area contributed by atoms with Crippen LogP contribution >= 0.6 is 11.3 Å². The van der Waals surface area contributed by atoms with Gasteiger partial charge in [-0.05, 0) is 43.7 Å². The zero-order valence-electron chi connectivity index (χ0n) is 18.5. The molecule has 3 aromatic carbocycles. The number of hydrogen-bond acceptors (Lipinski definition) is 5. The van der Waals surface area contributed by atoms with Crippen LogP contribution in [0.4, 0.5) is 15.8 Å². The molecule has 0 aliphatic heterocycles. The Morgan fingerprint density at radius 1 is 1.03 bits per heavy atom.